The topological polar surface area (TPSA) is 27.7 Å². The van der Waals surface area contributed by atoms with Gasteiger partial charge in [0.25, 0.3) is 8.32 Å². The average Bonchev–Trinajstić information content (AvgIpc) is 2.70. The van der Waals surface area contributed by atoms with Crippen LogP contribution in [0, 0.1) is 23.7 Å². The predicted molar refractivity (Wildman–Crippen MR) is 127 cm³/mol. The first-order valence-electron chi connectivity index (χ1n) is 11.0. The summed E-state index contributed by atoms with van der Waals surface area (Å²) in [6.07, 6.45) is 8.68. The van der Waals surface area contributed by atoms with Gasteiger partial charge in [-0.3, -0.25) is 0 Å². The molecule has 1 saturated heterocycles. The normalized spacial score (nSPS) is 17.0. The van der Waals surface area contributed by atoms with Crippen molar-refractivity contribution < 1.29 is 13.9 Å². The zero-order valence-corrected chi connectivity index (χ0v) is 20.2. The van der Waals surface area contributed by atoms with Gasteiger partial charge in [-0.1, -0.05) is 56.6 Å². The Labute approximate surface area is 184 Å². The van der Waals surface area contributed by atoms with Gasteiger partial charge in [0.05, 0.1) is 12.2 Å². The Hall–Kier alpha value is -1.98. The van der Waals surface area contributed by atoms with Crippen molar-refractivity contribution in [2.24, 2.45) is 0 Å². The minimum Gasteiger partial charge on any atom is -0.543 e. The van der Waals surface area contributed by atoms with Crippen molar-refractivity contribution in [2.45, 2.75) is 77.3 Å². The van der Waals surface area contributed by atoms with E-state index in [0.29, 0.717) is 6.61 Å². The summed E-state index contributed by atoms with van der Waals surface area (Å²) >= 11 is 0. The minimum atomic E-state index is -1.89. The zero-order chi connectivity index (χ0) is 21.9. The first-order chi connectivity index (χ1) is 14.3. The molecular formula is C26H36O3Si. The molecule has 0 spiro atoms. The molecule has 162 valence electrons. The van der Waals surface area contributed by atoms with E-state index in [1.807, 2.05) is 24.3 Å². The number of ether oxygens (including phenoxy) is 2. The SMILES string of the molecule is CC(C)(C)[Si](C)(C)Oc1ccccc1C#C/C=C\C#CCCCOC1CCCCO1. The van der Waals surface area contributed by atoms with Gasteiger partial charge in [-0.25, -0.2) is 0 Å². The van der Waals surface area contributed by atoms with Gasteiger partial charge in [0.15, 0.2) is 6.29 Å². The molecule has 1 unspecified atom stereocenters. The Morgan fingerprint density at radius 1 is 1.13 bits per heavy atom. The highest BCUT2D eigenvalue weighted by molar-refractivity contribution is 6.74. The lowest BCUT2D eigenvalue weighted by molar-refractivity contribution is -0.162. The van der Waals surface area contributed by atoms with E-state index in [1.165, 1.54) is 6.42 Å². The number of benzene rings is 1. The zero-order valence-electron chi connectivity index (χ0n) is 19.2. The molecule has 4 heteroatoms. The lowest BCUT2D eigenvalue weighted by Gasteiger charge is -2.36. The largest absolute Gasteiger partial charge is 0.543 e. The third kappa shape index (κ3) is 8.40. The molecule has 0 aliphatic carbocycles. The second-order valence-corrected chi connectivity index (χ2v) is 13.8. The molecule has 1 aromatic rings. The van der Waals surface area contributed by atoms with Crippen LogP contribution in [0.4, 0.5) is 0 Å². The van der Waals surface area contributed by atoms with E-state index in [2.05, 4.69) is 57.5 Å². The fourth-order valence-electron chi connectivity index (χ4n) is 2.64. The van der Waals surface area contributed by atoms with Gasteiger partial charge in [-0.05, 0) is 68.1 Å². The molecule has 1 aliphatic rings. The molecule has 3 nitrogen and oxygen atoms in total. The molecular weight excluding hydrogens is 388 g/mol. The minimum absolute atomic E-state index is 0.00891. The first-order valence-corrected chi connectivity index (χ1v) is 13.9. The van der Waals surface area contributed by atoms with E-state index in [4.69, 9.17) is 13.9 Å². The molecule has 1 fully saturated rings. The summed E-state index contributed by atoms with van der Waals surface area (Å²) < 4.78 is 17.7. The number of allylic oxidation sites excluding steroid dienone is 2. The molecule has 0 saturated carbocycles. The first kappa shape index (κ1) is 24.3. The van der Waals surface area contributed by atoms with Crippen LogP contribution in [0.2, 0.25) is 18.1 Å². The van der Waals surface area contributed by atoms with Crippen LogP contribution in [-0.4, -0.2) is 27.8 Å². The summed E-state index contributed by atoms with van der Waals surface area (Å²) in [5.74, 6) is 13.3. The van der Waals surface area contributed by atoms with Crippen LogP contribution < -0.4 is 4.43 Å². The van der Waals surface area contributed by atoms with Crippen molar-refractivity contribution in [1.29, 1.82) is 0 Å². The lowest BCUT2D eigenvalue weighted by Crippen LogP contribution is -2.44. The van der Waals surface area contributed by atoms with Crippen LogP contribution in [0.25, 0.3) is 0 Å². The van der Waals surface area contributed by atoms with Crippen molar-refractivity contribution in [2.75, 3.05) is 13.2 Å². The van der Waals surface area contributed by atoms with E-state index >= 15 is 0 Å². The Balaban J connectivity index is 1.79. The summed E-state index contributed by atoms with van der Waals surface area (Å²) in [5, 5.41) is 0.150. The van der Waals surface area contributed by atoms with Crippen molar-refractivity contribution in [3.8, 4) is 29.4 Å². The van der Waals surface area contributed by atoms with Gasteiger partial charge in [0.1, 0.15) is 5.75 Å². The van der Waals surface area contributed by atoms with Crippen LogP contribution in [0.15, 0.2) is 36.4 Å². The van der Waals surface area contributed by atoms with Crippen molar-refractivity contribution in [3.05, 3.63) is 42.0 Å². The molecule has 1 aliphatic heterocycles. The van der Waals surface area contributed by atoms with E-state index < -0.39 is 8.32 Å². The number of hydrogen-bond acceptors (Lipinski definition) is 3. The van der Waals surface area contributed by atoms with E-state index in [1.54, 1.807) is 12.2 Å². The fraction of sp³-hybridized carbons (Fsp3) is 0.538. The summed E-state index contributed by atoms with van der Waals surface area (Å²) in [5.41, 5.74) is 0.919. The van der Waals surface area contributed by atoms with Crippen LogP contribution in [0.5, 0.6) is 5.75 Å². The second kappa shape index (κ2) is 12.0. The smallest absolute Gasteiger partial charge is 0.250 e. The number of rotatable bonds is 6. The third-order valence-corrected chi connectivity index (χ3v) is 9.85. The highest BCUT2D eigenvalue weighted by atomic mass is 28.4. The molecule has 1 heterocycles. The van der Waals surface area contributed by atoms with Gasteiger partial charge in [-0.2, -0.15) is 0 Å². The van der Waals surface area contributed by atoms with Gasteiger partial charge < -0.3 is 13.9 Å². The molecule has 30 heavy (non-hydrogen) atoms. The quantitative estimate of drug-likeness (QED) is 0.304. The Bertz CT molecular complexity index is 806. The van der Waals surface area contributed by atoms with E-state index in [0.717, 1.165) is 43.6 Å². The second-order valence-electron chi connectivity index (χ2n) is 9.05. The number of hydrogen-bond donors (Lipinski definition) is 0. The molecule has 1 atom stereocenters. The van der Waals surface area contributed by atoms with Crippen molar-refractivity contribution in [1.82, 2.24) is 0 Å². The third-order valence-electron chi connectivity index (χ3n) is 5.51. The van der Waals surface area contributed by atoms with Crippen LogP contribution in [-0.2, 0) is 9.47 Å². The molecule has 1 aromatic carbocycles. The van der Waals surface area contributed by atoms with Crippen molar-refractivity contribution in [3.63, 3.8) is 0 Å². The van der Waals surface area contributed by atoms with Gasteiger partial charge in [0.2, 0.25) is 0 Å². The van der Waals surface area contributed by atoms with Crippen LogP contribution in [0.3, 0.4) is 0 Å². The van der Waals surface area contributed by atoms with Gasteiger partial charge >= 0.3 is 0 Å². The van der Waals surface area contributed by atoms with Crippen molar-refractivity contribution >= 4 is 8.32 Å². The van der Waals surface area contributed by atoms with E-state index in [-0.39, 0.29) is 11.3 Å². The summed E-state index contributed by atoms with van der Waals surface area (Å²) in [6, 6.07) is 8.00. The van der Waals surface area contributed by atoms with Gasteiger partial charge in [-0.15, -0.1) is 0 Å². The summed E-state index contributed by atoms with van der Waals surface area (Å²) in [6.45, 7) is 12.7. The highest BCUT2D eigenvalue weighted by Crippen LogP contribution is 2.38. The monoisotopic (exact) mass is 424 g/mol. The average molecular weight is 425 g/mol. The number of para-hydroxylation sites is 1. The fourth-order valence-corrected chi connectivity index (χ4v) is 3.67. The summed E-state index contributed by atoms with van der Waals surface area (Å²) in [4.78, 5) is 0. The van der Waals surface area contributed by atoms with Crippen LogP contribution in [0.1, 0.15) is 58.4 Å². The molecule has 0 amide bonds. The molecule has 0 radical (unpaired) electrons. The van der Waals surface area contributed by atoms with Crippen LogP contribution >= 0.6 is 0 Å². The van der Waals surface area contributed by atoms with Gasteiger partial charge in [0, 0.05) is 13.0 Å². The summed E-state index contributed by atoms with van der Waals surface area (Å²) in [7, 11) is -1.89. The Kier molecular flexibility index (Phi) is 9.73. The standard InChI is InChI=1S/C26H36O3Si/c1-26(2,3)30(4,5)29-24-19-13-12-18-23(24)17-11-9-7-6-8-10-15-21-27-25-20-14-16-22-28-25/h7,9,12-13,18-19,25H,10,14-16,20-22H2,1-5H3/b9-7-. The Morgan fingerprint density at radius 3 is 2.63 bits per heavy atom. The maximum absolute atomic E-state index is 6.44. The maximum Gasteiger partial charge on any atom is 0.250 e. The number of unbranched alkanes of at least 4 members (excludes halogenated alkanes) is 1. The molecule has 0 N–H and O–H groups in total. The highest BCUT2D eigenvalue weighted by Gasteiger charge is 2.39. The Morgan fingerprint density at radius 2 is 1.90 bits per heavy atom. The molecule has 2 rings (SSSR count). The lowest BCUT2D eigenvalue weighted by atomic mass is 10.2. The predicted octanol–water partition coefficient (Wildman–Crippen LogP) is 6.31. The van der Waals surface area contributed by atoms with E-state index in [9.17, 15) is 0 Å². The molecule has 0 aromatic heterocycles. The maximum atomic E-state index is 6.44. The molecule has 0 bridgehead atoms.